The molecule has 0 bridgehead atoms. The van der Waals surface area contributed by atoms with Crippen molar-refractivity contribution in [2.75, 3.05) is 18.4 Å². The molecule has 1 heterocycles. The molecule has 6 nitrogen and oxygen atoms in total. The van der Waals surface area contributed by atoms with Crippen molar-refractivity contribution in [3.8, 4) is 0 Å². The van der Waals surface area contributed by atoms with Crippen molar-refractivity contribution in [2.45, 2.75) is 18.9 Å². The van der Waals surface area contributed by atoms with Crippen molar-refractivity contribution in [3.05, 3.63) is 28.8 Å². The average Bonchev–Trinajstić information content (AvgIpc) is 2.42. The van der Waals surface area contributed by atoms with Gasteiger partial charge in [0.2, 0.25) is 0 Å². The van der Waals surface area contributed by atoms with Crippen molar-refractivity contribution in [1.82, 2.24) is 10.6 Å². The zero-order chi connectivity index (χ0) is 14.5. The van der Waals surface area contributed by atoms with Gasteiger partial charge in [0.05, 0.1) is 16.3 Å². The standard InChI is InChI=1S/C13H16ClN3O3/c14-10-7-8(12(18)19)1-2-11(10)17-13(20)16-9-3-5-15-6-4-9/h1-2,7,9,15H,3-6H2,(H,18,19)(H2,16,17,20). The SMILES string of the molecule is O=C(Nc1ccc(C(=O)O)cc1Cl)NC1CCNCC1. The normalized spacial score (nSPS) is 15.7. The molecule has 0 aliphatic carbocycles. The van der Waals surface area contributed by atoms with Gasteiger partial charge in [0, 0.05) is 6.04 Å². The van der Waals surface area contributed by atoms with Crippen LogP contribution in [0.1, 0.15) is 23.2 Å². The van der Waals surface area contributed by atoms with Gasteiger partial charge >= 0.3 is 12.0 Å². The van der Waals surface area contributed by atoms with E-state index in [1.807, 2.05) is 0 Å². The maximum absolute atomic E-state index is 11.8. The lowest BCUT2D eigenvalue weighted by atomic mass is 10.1. The number of aromatic carboxylic acids is 1. The Morgan fingerprint density at radius 2 is 2.00 bits per heavy atom. The van der Waals surface area contributed by atoms with E-state index in [4.69, 9.17) is 16.7 Å². The molecule has 1 aromatic rings. The Hall–Kier alpha value is -1.79. The molecule has 20 heavy (non-hydrogen) atoms. The minimum Gasteiger partial charge on any atom is -0.478 e. The lowest BCUT2D eigenvalue weighted by Crippen LogP contribution is -2.44. The third-order valence-corrected chi connectivity index (χ3v) is 3.45. The monoisotopic (exact) mass is 297 g/mol. The summed E-state index contributed by atoms with van der Waals surface area (Å²) in [6.45, 7) is 1.78. The van der Waals surface area contributed by atoms with Crippen LogP contribution < -0.4 is 16.0 Å². The molecule has 2 rings (SSSR count). The number of halogens is 1. The van der Waals surface area contributed by atoms with Crippen molar-refractivity contribution in [1.29, 1.82) is 0 Å². The van der Waals surface area contributed by atoms with Crippen LogP contribution in [-0.2, 0) is 0 Å². The van der Waals surface area contributed by atoms with Gasteiger partial charge in [-0.25, -0.2) is 9.59 Å². The van der Waals surface area contributed by atoms with E-state index in [0.717, 1.165) is 25.9 Å². The van der Waals surface area contributed by atoms with Gasteiger partial charge in [0.25, 0.3) is 0 Å². The van der Waals surface area contributed by atoms with Crippen molar-refractivity contribution in [2.24, 2.45) is 0 Å². The van der Waals surface area contributed by atoms with E-state index in [1.54, 1.807) is 0 Å². The minimum absolute atomic E-state index is 0.0827. The van der Waals surface area contributed by atoms with Crippen LogP contribution in [-0.4, -0.2) is 36.2 Å². The van der Waals surface area contributed by atoms with Crippen LogP contribution in [0.5, 0.6) is 0 Å². The number of hydrogen-bond acceptors (Lipinski definition) is 3. The maximum atomic E-state index is 11.8. The van der Waals surface area contributed by atoms with Gasteiger partial charge in [-0.1, -0.05) is 11.6 Å². The predicted octanol–water partition coefficient (Wildman–Crippen LogP) is 1.91. The zero-order valence-corrected chi connectivity index (χ0v) is 11.5. The zero-order valence-electron chi connectivity index (χ0n) is 10.8. The number of amides is 2. The smallest absolute Gasteiger partial charge is 0.335 e. The number of piperidine rings is 1. The lowest BCUT2D eigenvalue weighted by Gasteiger charge is -2.23. The number of hydrogen-bond donors (Lipinski definition) is 4. The highest BCUT2D eigenvalue weighted by Crippen LogP contribution is 2.23. The van der Waals surface area contributed by atoms with Gasteiger partial charge in [-0.05, 0) is 44.1 Å². The van der Waals surface area contributed by atoms with Gasteiger partial charge in [0.1, 0.15) is 0 Å². The topological polar surface area (TPSA) is 90.5 Å². The summed E-state index contributed by atoms with van der Waals surface area (Å²) in [5.41, 5.74) is 0.474. The van der Waals surface area contributed by atoms with Crippen LogP contribution in [0.25, 0.3) is 0 Å². The van der Waals surface area contributed by atoms with Crippen molar-refractivity contribution >= 4 is 29.3 Å². The second-order valence-corrected chi connectivity index (χ2v) is 5.03. The summed E-state index contributed by atoms with van der Waals surface area (Å²) in [6.07, 6.45) is 1.78. The second-order valence-electron chi connectivity index (χ2n) is 4.62. The van der Waals surface area contributed by atoms with Gasteiger partial charge in [-0.3, -0.25) is 0 Å². The number of carbonyl (C=O) groups is 2. The molecular weight excluding hydrogens is 282 g/mol. The Morgan fingerprint density at radius 3 is 2.60 bits per heavy atom. The maximum Gasteiger partial charge on any atom is 0.335 e. The van der Waals surface area contributed by atoms with Gasteiger partial charge < -0.3 is 21.1 Å². The Bertz CT molecular complexity index is 516. The molecule has 0 aromatic heterocycles. The summed E-state index contributed by atoms with van der Waals surface area (Å²) in [7, 11) is 0. The number of anilines is 1. The molecule has 0 unspecified atom stereocenters. The quantitative estimate of drug-likeness (QED) is 0.686. The van der Waals surface area contributed by atoms with Crippen molar-refractivity contribution in [3.63, 3.8) is 0 Å². The number of nitrogens with one attached hydrogen (secondary N) is 3. The summed E-state index contributed by atoms with van der Waals surface area (Å²) in [4.78, 5) is 22.6. The molecule has 1 aliphatic heterocycles. The second kappa shape index (κ2) is 6.58. The average molecular weight is 298 g/mol. The van der Waals surface area contributed by atoms with Crippen LogP contribution in [0.15, 0.2) is 18.2 Å². The lowest BCUT2D eigenvalue weighted by molar-refractivity contribution is 0.0697. The number of urea groups is 1. The summed E-state index contributed by atoms with van der Waals surface area (Å²) < 4.78 is 0. The summed E-state index contributed by atoms with van der Waals surface area (Å²) in [5.74, 6) is -1.06. The van der Waals surface area contributed by atoms with Gasteiger partial charge in [0.15, 0.2) is 0 Å². The Morgan fingerprint density at radius 1 is 1.30 bits per heavy atom. The molecule has 1 aromatic carbocycles. The Labute approximate surface area is 121 Å². The fourth-order valence-electron chi connectivity index (χ4n) is 2.06. The highest BCUT2D eigenvalue weighted by molar-refractivity contribution is 6.34. The van der Waals surface area contributed by atoms with E-state index in [2.05, 4.69) is 16.0 Å². The molecule has 108 valence electrons. The molecule has 0 atom stereocenters. The molecular formula is C13H16ClN3O3. The first-order valence-electron chi connectivity index (χ1n) is 6.37. The molecule has 2 amide bonds. The van der Waals surface area contributed by atoms with Crippen LogP contribution >= 0.6 is 11.6 Å². The van der Waals surface area contributed by atoms with Crippen LogP contribution in [0.2, 0.25) is 5.02 Å². The molecule has 1 aliphatic rings. The predicted molar refractivity (Wildman–Crippen MR) is 76.5 cm³/mol. The summed E-state index contributed by atoms with van der Waals surface area (Å²) in [6, 6.07) is 4.00. The molecule has 7 heteroatoms. The van der Waals surface area contributed by atoms with Gasteiger partial charge in [-0.15, -0.1) is 0 Å². The molecule has 0 saturated carbocycles. The van der Waals surface area contributed by atoms with E-state index in [9.17, 15) is 9.59 Å². The molecule has 4 N–H and O–H groups in total. The number of carboxylic acid groups (broad SMARTS) is 1. The number of benzene rings is 1. The van der Waals surface area contributed by atoms with E-state index in [0.29, 0.717) is 5.69 Å². The summed E-state index contributed by atoms with van der Waals surface area (Å²) in [5, 5.41) is 17.7. The first kappa shape index (κ1) is 14.6. The number of rotatable bonds is 3. The third-order valence-electron chi connectivity index (χ3n) is 3.14. The highest BCUT2D eigenvalue weighted by Gasteiger charge is 2.16. The fraction of sp³-hybridized carbons (Fsp3) is 0.385. The summed E-state index contributed by atoms with van der Waals surface area (Å²) >= 11 is 5.94. The van der Waals surface area contributed by atoms with Crippen molar-refractivity contribution < 1.29 is 14.7 Å². The first-order chi connectivity index (χ1) is 9.56. The van der Waals surface area contributed by atoms with Crippen LogP contribution in [0.3, 0.4) is 0 Å². The molecule has 0 radical (unpaired) electrons. The first-order valence-corrected chi connectivity index (χ1v) is 6.75. The molecule has 1 saturated heterocycles. The molecule has 1 fully saturated rings. The van der Waals surface area contributed by atoms with Crippen LogP contribution in [0, 0.1) is 0 Å². The Kier molecular flexibility index (Phi) is 4.81. The van der Waals surface area contributed by atoms with E-state index in [1.165, 1.54) is 18.2 Å². The van der Waals surface area contributed by atoms with Gasteiger partial charge in [-0.2, -0.15) is 0 Å². The molecule has 0 spiro atoms. The largest absolute Gasteiger partial charge is 0.478 e. The van der Waals surface area contributed by atoms with E-state index < -0.39 is 5.97 Å². The third kappa shape index (κ3) is 3.85. The van der Waals surface area contributed by atoms with E-state index in [-0.39, 0.29) is 22.7 Å². The van der Waals surface area contributed by atoms with Crippen LogP contribution in [0.4, 0.5) is 10.5 Å². The number of carbonyl (C=O) groups excluding carboxylic acids is 1. The Balaban J connectivity index is 1.95. The highest BCUT2D eigenvalue weighted by atomic mass is 35.5. The fourth-order valence-corrected chi connectivity index (χ4v) is 2.29. The number of carboxylic acids is 1. The van der Waals surface area contributed by atoms with E-state index >= 15 is 0 Å². The minimum atomic E-state index is -1.06.